The molecule has 1 N–H and O–H groups in total. The summed E-state index contributed by atoms with van der Waals surface area (Å²) in [6, 6.07) is 1.63. The Kier molecular flexibility index (Phi) is 2.12. The Morgan fingerprint density at radius 3 is 2.57 bits per heavy atom. The van der Waals surface area contributed by atoms with E-state index in [2.05, 4.69) is 0 Å². The van der Waals surface area contributed by atoms with E-state index in [1.807, 2.05) is 0 Å². The quantitative estimate of drug-likeness (QED) is 0.847. The van der Waals surface area contributed by atoms with Crippen molar-refractivity contribution in [1.29, 1.82) is 0 Å². The summed E-state index contributed by atoms with van der Waals surface area (Å²) in [7, 11) is 0. The van der Waals surface area contributed by atoms with Gasteiger partial charge >= 0.3 is 5.97 Å². The zero-order valence-electron chi connectivity index (χ0n) is 7.12. The number of hydrogen-bond acceptors (Lipinski definition) is 3. The SMILES string of the molecule is O=C1CC(C(=O)O)(c2cc(Cl)cs2)C1. The van der Waals surface area contributed by atoms with Crippen LogP contribution in [0.5, 0.6) is 0 Å². The van der Waals surface area contributed by atoms with Crippen LogP contribution in [-0.4, -0.2) is 16.9 Å². The number of thiophene rings is 1. The van der Waals surface area contributed by atoms with Crippen molar-refractivity contribution in [3.05, 3.63) is 21.3 Å². The van der Waals surface area contributed by atoms with E-state index < -0.39 is 11.4 Å². The van der Waals surface area contributed by atoms with Gasteiger partial charge in [-0.3, -0.25) is 9.59 Å². The van der Waals surface area contributed by atoms with Gasteiger partial charge in [0.05, 0.1) is 5.02 Å². The molecule has 0 amide bonds. The van der Waals surface area contributed by atoms with Gasteiger partial charge in [-0.2, -0.15) is 0 Å². The predicted octanol–water partition coefficient (Wildman–Crippen LogP) is 2.09. The first kappa shape index (κ1) is 9.68. The third-order valence-electron chi connectivity index (χ3n) is 2.45. The summed E-state index contributed by atoms with van der Waals surface area (Å²) in [5.74, 6) is -0.937. The first-order valence-corrected chi connectivity index (χ1v) is 5.30. The minimum Gasteiger partial charge on any atom is -0.481 e. The van der Waals surface area contributed by atoms with Crippen molar-refractivity contribution < 1.29 is 14.7 Å². The van der Waals surface area contributed by atoms with Crippen LogP contribution in [0.1, 0.15) is 17.7 Å². The molecular formula is C9H7ClO3S. The number of ketones is 1. The number of carbonyl (C=O) groups is 2. The average molecular weight is 231 g/mol. The van der Waals surface area contributed by atoms with E-state index in [4.69, 9.17) is 16.7 Å². The number of rotatable bonds is 2. The number of carbonyl (C=O) groups excluding carboxylic acids is 1. The van der Waals surface area contributed by atoms with Crippen LogP contribution in [0.4, 0.5) is 0 Å². The van der Waals surface area contributed by atoms with Crippen molar-refractivity contribution in [3.63, 3.8) is 0 Å². The standard InChI is InChI=1S/C9H7ClO3S/c10-5-1-7(14-4-5)9(8(12)13)2-6(11)3-9/h1,4H,2-3H2,(H,12,13). The lowest BCUT2D eigenvalue weighted by atomic mass is 9.67. The van der Waals surface area contributed by atoms with Crippen LogP contribution < -0.4 is 0 Å². The Balaban J connectivity index is 2.38. The van der Waals surface area contributed by atoms with Crippen molar-refractivity contribution in [3.8, 4) is 0 Å². The molecule has 1 aromatic rings. The molecule has 1 aliphatic rings. The van der Waals surface area contributed by atoms with Gasteiger partial charge in [-0.15, -0.1) is 11.3 Å². The maximum Gasteiger partial charge on any atom is 0.315 e. The van der Waals surface area contributed by atoms with Gasteiger partial charge in [0.1, 0.15) is 11.2 Å². The third kappa shape index (κ3) is 1.26. The zero-order chi connectivity index (χ0) is 10.3. The predicted molar refractivity (Wildman–Crippen MR) is 52.9 cm³/mol. The molecule has 0 unspecified atom stereocenters. The molecule has 0 saturated heterocycles. The number of carboxylic acids is 1. The highest BCUT2D eigenvalue weighted by atomic mass is 35.5. The molecule has 1 aliphatic carbocycles. The largest absolute Gasteiger partial charge is 0.481 e. The van der Waals surface area contributed by atoms with Gasteiger partial charge in [-0.25, -0.2) is 0 Å². The van der Waals surface area contributed by atoms with Crippen molar-refractivity contribution in [2.24, 2.45) is 0 Å². The second-order valence-electron chi connectivity index (χ2n) is 3.41. The number of Topliss-reactive ketones (excluding diaryl/α,β-unsaturated/α-hetero) is 1. The Morgan fingerprint density at radius 2 is 2.21 bits per heavy atom. The molecule has 1 aromatic heterocycles. The summed E-state index contributed by atoms with van der Waals surface area (Å²) in [6.07, 6.45) is 0.193. The molecule has 14 heavy (non-hydrogen) atoms. The molecule has 0 aliphatic heterocycles. The van der Waals surface area contributed by atoms with E-state index in [0.29, 0.717) is 9.90 Å². The molecule has 5 heteroatoms. The third-order valence-corrected chi connectivity index (χ3v) is 3.93. The van der Waals surface area contributed by atoms with Gasteiger partial charge in [-0.1, -0.05) is 11.6 Å². The topological polar surface area (TPSA) is 54.4 Å². The Morgan fingerprint density at radius 1 is 1.57 bits per heavy atom. The van der Waals surface area contributed by atoms with E-state index in [0.717, 1.165) is 0 Å². The van der Waals surface area contributed by atoms with Gasteiger partial charge < -0.3 is 5.11 Å². The van der Waals surface area contributed by atoms with Gasteiger partial charge in [-0.05, 0) is 6.07 Å². The van der Waals surface area contributed by atoms with Crippen LogP contribution in [0.15, 0.2) is 11.4 Å². The molecule has 1 fully saturated rings. The Bertz CT molecular complexity index is 402. The van der Waals surface area contributed by atoms with Gasteiger partial charge in [0.15, 0.2) is 0 Å². The van der Waals surface area contributed by atoms with Crippen molar-refractivity contribution in [1.82, 2.24) is 0 Å². The van der Waals surface area contributed by atoms with E-state index in [1.165, 1.54) is 11.3 Å². The van der Waals surface area contributed by atoms with E-state index >= 15 is 0 Å². The van der Waals surface area contributed by atoms with Crippen LogP contribution >= 0.6 is 22.9 Å². The fraction of sp³-hybridized carbons (Fsp3) is 0.333. The highest BCUT2D eigenvalue weighted by Crippen LogP contribution is 2.44. The summed E-state index contributed by atoms with van der Waals surface area (Å²) >= 11 is 7.02. The molecule has 1 saturated carbocycles. The van der Waals surface area contributed by atoms with E-state index in [1.54, 1.807) is 11.4 Å². The summed E-state index contributed by atoms with van der Waals surface area (Å²) in [5, 5.41) is 11.3. The lowest BCUT2D eigenvalue weighted by molar-refractivity contribution is -0.153. The molecule has 1 heterocycles. The second kappa shape index (κ2) is 3.07. The summed E-state index contributed by atoms with van der Waals surface area (Å²) in [4.78, 5) is 22.7. The highest BCUT2D eigenvalue weighted by molar-refractivity contribution is 7.10. The van der Waals surface area contributed by atoms with Gasteiger partial charge in [0.25, 0.3) is 0 Å². The summed E-state index contributed by atoms with van der Waals surface area (Å²) < 4.78 is 0. The lowest BCUT2D eigenvalue weighted by Crippen LogP contribution is -2.47. The van der Waals surface area contributed by atoms with E-state index in [-0.39, 0.29) is 18.6 Å². The Labute approximate surface area is 89.3 Å². The van der Waals surface area contributed by atoms with Crippen LogP contribution in [0, 0.1) is 0 Å². The molecule has 74 valence electrons. The van der Waals surface area contributed by atoms with Crippen LogP contribution in [-0.2, 0) is 15.0 Å². The summed E-state index contributed by atoms with van der Waals surface area (Å²) in [6.45, 7) is 0. The summed E-state index contributed by atoms with van der Waals surface area (Å²) in [5.41, 5.74) is -0.991. The minimum absolute atomic E-state index is 0.00285. The minimum atomic E-state index is -0.991. The van der Waals surface area contributed by atoms with Crippen molar-refractivity contribution >= 4 is 34.7 Å². The number of hydrogen-bond donors (Lipinski definition) is 1. The molecule has 0 atom stereocenters. The number of carboxylic acid groups (broad SMARTS) is 1. The molecule has 0 radical (unpaired) electrons. The fourth-order valence-corrected chi connectivity index (χ4v) is 2.88. The first-order chi connectivity index (χ1) is 6.54. The maximum absolute atomic E-state index is 11.1. The monoisotopic (exact) mass is 230 g/mol. The van der Waals surface area contributed by atoms with Crippen molar-refractivity contribution in [2.75, 3.05) is 0 Å². The van der Waals surface area contributed by atoms with E-state index in [9.17, 15) is 9.59 Å². The van der Waals surface area contributed by atoms with Crippen LogP contribution in [0.3, 0.4) is 0 Å². The number of aliphatic carboxylic acids is 1. The molecule has 0 bridgehead atoms. The second-order valence-corrected chi connectivity index (χ2v) is 4.76. The molecule has 2 rings (SSSR count). The van der Waals surface area contributed by atoms with Gasteiger partial charge in [0, 0.05) is 23.1 Å². The van der Waals surface area contributed by atoms with Crippen LogP contribution in [0.2, 0.25) is 5.02 Å². The molecular weight excluding hydrogens is 224 g/mol. The molecule has 0 spiro atoms. The van der Waals surface area contributed by atoms with Crippen molar-refractivity contribution in [2.45, 2.75) is 18.3 Å². The fourth-order valence-electron chi connectivity index (χ4n) is 1.62. The van der Waals surface area contributed by atoms with Gasteiger partial charge in [0.2, 0.25) is 0 Å². The highest BCUT2D eigenvalue weighted by Gasteiger charge is 2.52. The average Bonchev–Trinajstić information content (AvgIpc) is 2.45. The smallest absolute Gasteiger partial charge is 0.315 e. The molecule has 3 nitrogen and oxygen atoms in total. The first-order valence-electron chi connectivity index (χ1n) is 4.04. The zero-order valence-corrected chi connectivity index (χ0v) is 8.69. The Hall–Kier alpha value is -0.870. The lowest BCUT2D eigenvalue weighted by Gasteiger charge is -2.35. The molecule has 0 aromatic carbocycles. The normalized spacial score (nSPS) is 19.1. The van der Waals surface area contributed by atoms with Crippen LogP contribution in [0.25, 0.3) is 0 Å². The maximum atomic E-state index is 11.1. The number of halogens is 1.